The number of hydrogen-bond acceptors (Lipinski definition) is 3. The Balaban J connectivity index is 1.98. The van der Waals surface area contributed by atoms with Crippen LogP contribution < -0.4 is 5.32 Å². The predicted octanol–water partition coefficient (Wildman–Crippen LogP) is 2.66. The lowest BCUT2D eigenvalue weighted by molar-refractivity contribution is -0.129. The molecule has 0 aromatic heterocycles. The summed E-state index contributed by atoms with van der Waals surface area (Å²) in [6.45, 7) is 6.40. The Morgan fingerprint density at radius 3 is 2.17 bits per heavy atom. The molecule has 2 rings (SSSR count). The van der Waals surface area contributed by atoms with E-state index >= 15 is 0 Å². The first kappa shape index (κ1) is 18.2. The molecular formula is C16H23ClN2O3S. The molecule has 1 amide bonds. The number of carbonyl (C=O) groups excluding carboxylic acids is 1. The smallest absolute Gasteiger partial charge is 0.243 e. The van der Waals surface area contributed by atoms with Gasteiger partial charge in [0.1, 0.15) is 0 Å². The molecule has 5 nitrogen and oxygen atoms in total. The van der Waals surface area contributed by atoms with Gasteiger partial charge in [0.2, 0.25) is 15.9 Å². The summed E-state index contributed by atoms with van der Waals surface area (Å²) in [6.07, 6.45) is 1.24. The minimum Gasteiger partial charge on any atom is -0.353 e. The Morgan fingerprint density at radius 2 is 1.70 bits per heavy atom. The van der Waals surface area contributed by atoms with E-state index in [4.69, 9.17) is 11.6 Å². The number of benzene rings is 1. The molecule has 1 N–H and O–H groups in total. The maximum atomic E-state index is 12.6. The molecule has 0 unspecified atom stereocenters. The molecule has 128 valence electrons. The van der Waals surface area contributed by atoms with Gasteiger partial charge in [-0.15, -0.1) is 0 Å². The highest BCUT2D eigenvalue weighted by Crippen LogP contribution is 2.23. The van der Waals surface area contributed by atoms with Crippen LogP contribution in [0, 0.1) is 5.41 Å². The van der Waals surface area contributed by atoms with Crippen molar-refractivity contribution in [1.29, 1.82) is 0 Å². The third-order valence-electron chi connectivity index (χ3n) is 3.92. The molecule has 0 saturated carbocycles. The number of hydrogen-bond donors (Lipinski definition) is 1. The summed E-state index contributed by atoms with van der Waals surface area (Å²) in [7, 11) is -3.50. The Bertz CT molecular complexity index is 658. The van der Waals surface area contributed by atoms with E-state index in [2.05, 4.69) is 5.32 Å². The fourth-order valence-corrected chi connectivity index (χ4v) is 3.99. The first-order valence-electron chi connectivity index (χ1n) is 7.67. The second kappa shape index (κ2) is 6.79. The molecule has 1 fully saturated rings. The number of nitrogens with one attached hydrogen (secondary N) is 1. The van der Waals surface area contributed by atoms with Gasteiger partial charge in [0.25, 0.3) is 0 Å². The second-order valence-corrected chi connectivity index (χ2v) is 9.23. The predicted molar refractivity (Wildman–Crippen MR) is 90.8 cm³/mol. The van der Waals surface area contributed by atoms with Crippen LogP contribution in [0.3, 0.4) is 0 Å². The zero-order valence-corrected chi connectivity index (χ0v) is 15.2. The third-order valence-corrected chi connectivity index (χ3v) is 6.09. The minimum absolute atomic E-state index is 0.00323. The number of rotatable bonds is 3. The van der Waals surface area contributed by atoms with Gasteiger partial charge in [0, 0.05) is 29.6 Å². The van der Waals surface area contributed by atoms with Crippen molar-refractivity contribution in [3.05, 3.63) is 29.3 Å². The summed E-state index contributed by atoms with van der Waals surface area (Å²) in [6, 6.07) is 6.21. The fourth-order valence-electron chi connectivity index (χ4n) is 2.40. The van der Waals surface area contributed by atoms with Crippen LogP contribution in [0.15, 0.2) is 29.2 Å². The molecule has 1 aromatic rings. The molecule has 0 bridgehead atoms. The summed E-state index contributed by atoms with van der Waals surface area (Å²) < 4.78 is 26.6. The Hall–Kier alpha value is -1.11. The zero-order valence-electron chi connectivity index (χ0n) is 13.7. The van der Waals surface area contributed by atoms with Gasteiger partial charge >= 0.3 is 0 Å². The van der Waals surface area contributed by atoms with Gasteiger partial charge in [-0.3, -0.25) is 4.79 Å². The topological polar surface area (TPSA) is 66.5 Å². The molecular weight excluding hydrogens is 336 g/mol. The van der Waals surface area contributed by atoms with Gasteiger partial charge in [-0.05, 0) is 37.1 Å². The molecule has 0 atom stereocenters. The molecule has 0 spiro atoms. The van der Waals surface area contributed by atoms with Crippen LogP contribution >= 0.6 is 11.6 Å². The lowest BCUT2D eigenvalue weighted by Crippen LogP contribution is -2.48. The van der Waals surface area contributed by atoms with Crippen molar-refractivity contribution in [2.24, 2.45) is 5.41 Å². The number of halogens is 1. The second-order valence-electron chi connectivity index (χ2n) is 6.86. The number of sulfonamides is 1. The van der Waals surface area contributed by atoms with E-state index in [9.17, 15) is 13.2 Å². The van der Waals surface area contributed by atoms with Crippen LogP contribution in [0.5, 0.6) is 0 Å². The van der Waals surface area contributed by atoms with Crippen LogP contribution in [0.4, 0.5) is 0 Å². The standard InChI is InChI=1S/C16H23ClN2O3S/c1-16(2,3)15(20)18-13-8-10-19(11-9-13)23(21,22)14-6-4-12(17)5-7-14/h4-7,13H,8-11H2,1-3H3,(H,18,20). The van der Waals surface area contributed by atoms with Gasteiger partial charge in [0.15, 0.2) is 0 Å². The van der Waals surface area contributed by atoms with Gasteiger partial charge in [-0.2, -0.15) is 4.31 Å². The first-order valence-corrected chi connectivity index (χ1v) is 9.49. The number of amides is 1. The van der Waals surface area contributed by atoms with Gasteiger partial charge in [-0.25, -0.2) is 8.42 Å². The van der Waals surface area contributed by atoms with Crippen molar-refractivity contribution in [2.75, 3.05) is 13.1 Å². The van der Waals surface area contributed by atoms with Crippen LogP contribution in [-0.2, 0) is 14.8 Å². The Kier molecular flexibility index (Phi) is 5.38. The fraction of sp³-hybridized carbons (Fsp3) is 0.562. The van der Waals surface area contributed by atoms with E-state index in [1.807, 2.05) is 20.8 Å². The van der Waals surface area contributed by atoms with Gasteiger partial charge in [-0.1, -0.05) is 32.4 Å². The Labute approximate surface area is 143 Å². The largest absolute Gasteiger partial charge is 0.353 e. The molecule has 23 heavy (non-hydrogen) atoms. The highest BCUT2D eigenvalue weighted by Gasteiger charge is 2.31. The van der Waals surface area contributed by atoms with Crippen LogP contribution in [0.25, 0.3) is 0 Å². The lowest BCUT2D eigenvalue weighted by Gasteiger charge is -2.33. The van der Waals surface area contributed by atoms with E-state index in [-0.39, 0.29) is 16.8 Å². The minimum atomic E-state index is -3.50. The summed E-state index contributed by atoms with van der Waals surface area (Å²) in [4.78, 5) is 12.3. The van der Waals surface area contributed by atoms with E-state index < -0.39 is 15.4 Å². The maximum Gasteiger partial charge on any atom is 0.243 e. The molecule has 7 heteroatoms. The van der Waals surface area contributed by atoms with Crippen molar-refractivity contribution in [1.82, 2.24) is 9.62 Å². The third kappa shape index (κ3) is 4.46. The number of piperidine rings is 1. The van der Waals surface area contributed by atoms with Gasteiger partial charge < -0.3 is 5.32 Å². The monoisotopic (exact) mass is 358 g/mol. The molecule has 1 aliphatic heterocycles. The van der Waals surface area contributed by atoms with Crippen molar-refractivity contribution in [3.63, 3.8) is 0 Å². The van der Waals surface area contributed by atoms with Crippen LogP contribution in [-0.4, -0.2) is 37.8 Å². The van der Waals surface area contributed by atoms with E-state index in [1.54, 1.807) is 12.1 Å². The molecule has 1 aromatic carbocycles. The normalized spacial score (nSPS) is 17.9. The van der Waals surface area contributed by atoms with Crippen LogP contribution in [0.1, 0.15) is 33.6 Å². The number of carbonyl (C=O) groups is 1. The highest BCUT2D eigenvalue weighted by atomic mass is 35.5. The molecule has 0 radical (unpaired) electrons. The summed E-state index contributed by atoms with van der Waals surface area (Å²) >= 11 is 5.80. The Morgan fingerprint density at radius 1 is 1.17 bits per heavy atom. The van der Waals surface area contributed by atoms with Crippen molar-refractivity contribution < 1.29 is 13.2 Å². The van der Waals surface area contributed by atoms with E-state index in [0.717, 1.165) is 0 Å². The maximum absolute atomic E-state index is 12.6. The SMILES string of the molecule is CC(C)(C)C(=O)NC1CCN(S(=O)(=O)c2ccc(Cl)cc2)CC1. The molecule has 1 aliphatic rings. The highest BCUT2D eigenvalue weighted by molar-refractivity contribution is 7.89. The average Bonchev–Trinajstić information content (AvgIpc) is 2.47. The first-order chi connectivity index (χ1) is 10.6. The van der Waals surface area contributed by atoms with Crippen LogP contribution in [0.2, 0.25) is 5.02 Å². The molecule has 1 heterocycles. The quantitative estimate of drug-likeness (QED) is 0.903. The lowest BCUT2D eigenvalue weighted by atomic mass is 9.94. The van der Waals surface area contributed by atoms with Crippen molar-refractivity contribution in [2.45, 2.75) is 44.6 Å². The summed E-state index contributed by atoms with van der Waals surface area (Å²) in [5.74, 6) is -0.00323. The van der Waals surface area contributed by atoms with Gasteiger partial charge in [0.05, 0.1) is 4.90 Å². The van der Waals surface area contributed by atoms with E-state index in [0.29, 0.717) is 31.0 Å². The molecule has 0 aliphatic carbocycles. The average molecular weight is 359 g/mol. The van der Waals surface area contributed by atoms with E-state index in [1.165, 1.54) is 16.4 Å². The summed E-state index contributed by atoms with van der Waals surface area (Å²) in [5, 5.41) is 3.51. The zero-order chi connectivity index (χ0) is 17.3. The number of nitrogens with zero attached hydrogens (tertiary/aromatic N) is 1. The summed E-state index contributed by atoms with van der Waals surface area (Å²) in [5.41, 5.74) is -0.438. The van der Waals surface area contributed by atoms with Crippen molar-refractivity contribution in [3.8, 4) is 0 Å². The van der Waals surface area contributed by atoms with Crippen molar-refractivity contribution >= 4 is 27.5 Å². The molecule has 1 saturated heterocycles.